The molecule has 0 bridgehead atoms. The highest BCUT2D eigenvalue weighted by atomic mass is 16.5. The molecule has 2 nitrogen and oxygen atoms in total. The number of rotatable bonds is 3. The fourth-order valence-electron chi connectivity index (χ4n) is 2.57. The second-order valence-corrected chi connectivity index (χ2v) is 4.72. The summed E-state index contributed by atoms with van der Waals surface area (Å²) in [5.41, 5.74) is 10.2. The molecule has 0 fully saturated rings. The van der Waals surface area contributed by atoms with Crippen molar-refractivity contribution < 1.29 is 4.74 Å². The molecule has 1 aliphatic rings. The summed E-state index contributed by atoms with van der Waals surface area (Å²) in [5, 5.41) is 0. The Morgan fingerprint density at radius 2 is 2.31 bits per heavy atom. The molecule has 0 spiro atoms. The number of methoxy groups -OCH3 is 1. The van der Waals surface area contributed by atoms with Gasteiger partial charge in [-0.05, 0) is 48.4 Å². The van der Waals surface area contributed by atoms with Crippen molar-refractivity contribution in [3.8, 4) is 0 Å². The molecule has 0 unspecified atom stereocenters. The fraction of sp³-hybridized carbons (Fsp3) is 0.571. The van der Waals surface area contributed by atoms with Gasteiger partial charge in [0.25, 0.3) is 0 Å². The van der Waals surface area contributed by atoms with E-state index in [2.05, 4.69) is 25.1 Å². The third-order valence-electron chi connectivity index (χ3n) is 3.69. The molecule has 1 aromatic carbocycles. The molecule has 1 aromatic rings. The molecule has 0 radical (unpaired) electrons. The predicted octanol–water partition coefficient (Wildman–Crippen LogP) is 2.25. The molecule has 1 aliphatic carbocycles. The Kier molecular flexibility index (Phi) is 3.62. The van der Waals surface area contributed by atoms with Crippen molar-refractivity contribution in [3.05, 3.63) is 34.9 Å². The Balaban J connectivity index is 2.34. The maximum Gasteiger partial charge on any atom is 0.0615 e. The van der Waals surface area contributed by atoms with Crippen LogP contribution in [0.4, 0.5) is 0 Å². The van der Waals surface area contributed by atoms with E-state index in [4.69, 9.17) is 10.5 Å². The van der Waals surface area contributed by atoms with Crippen molar-refractivity contribution in [1.82, 2.24) is 0 Å². The van der Waals surface area contributed by atoms with Crippen LogP contribution in [0.1, 0.15) is 36.0 Å². The smallest absolute Gasteiger partial charge is 0.0615 e. The van der Waals surface area contributed by atoms with Gasteiger partial charge in [-0.3, -0.25) is 0 Å². The van der Waals surface area contributed by atoms with Crippen molar-refractivity contribution in [2.45, 2.75) is 38.2 Å². The number of nitrogens with two attached hydrogens (primary N) is 1. The third-order valence-corrected chi connectivity index (χ3v) is 3.69. The lowest BCUT2D eigenvalue weighted by Crippen LogP contribution is -2.23. The zero-order valence-electron chi connectivity index (χ0n) is 10.2. The lowest BCUT2D eigenvalue weighted by Gasteiger charge is -2.27. The average Bonchev–Trinajstić information content (AvgIpc) is 2.36. The van der Waals surface area contributed by atoms with Gasteiger partial charge in [0.05, 0.1) is 6.10 Å². The van der Waals surface area contributed by atoms with Crippen LogP contribution in [-0.2, 0) is 17.6 Å². The first kappa shape index (κ1) is 11.6. The molecule has 2 heteroatoms. The summed E-state index contributed by atoms with van der Waals surface area (Å²) >= 11 is 0. The van der Waals surface area contributed by atoms with Crippen molar-refractivity contribution in [2.24, 2.45) is 5.73 Å². The number of hydrogen-bond donors (Lipinski definition) is 1. The maximum absolute atomic E-state index is 5.77. The molecule has 0 amide bonds. The lowest BCUT2D eigenvalue weighted by atomic mass is 9.83. The van der Waals surface area contributed by atoms with Crippen LogP contribution in [0.25, 0.3) is 0 Å². The van der Waals surface area contributed by atoms with E-state index >= 15 is 0 Å². The highest BCUT2D eigenvalue weighted by Gasteiger charge is 2.21. The number of ether oxygens (including phenoxy) is 1. The Morgan fingerprint density at radius 1 is 1.50 bits per heavy atom. The Hall–Kier alpha value is -0.860. The largest absolute Gasteiger partial charge is 0.381 e. The average molecular weight is 219 g/mol. The maximum atomic E-state index is 5.77. The molecular formula is C14H21NO. The molecule has 2 rings (SSSR count). The summed E-state index contributed by atoms with van der Waals surface area (Å²) in [6.07, 6.45) is 3.72. The van der Waals surface area contributed by atoms with Crippen molar-refractivity contribution in [1.29, 1.82) is 0 Å². The van der Waals surface area contributed by atoms with Crippen LogP contribution in [-0.4, -0.2) is 19.8 Å². The van der Waals surface area contributed by atoms with E-state index in [1.165, 1.54) is 16.7 Å². The van der Waals surface area contributed by atoms with Gasteiger partial charge in [0.2, 0.25) is 0 Å². The predicted molar refractivity (Wildman–Crippen MR) is 66.7 cm³/mol. The minimum Gasteiger partial charge on any atom is -0.381 e. The van der Waals surface area contributed by atoms with Crippen LogP contribution >= 0.6 is 0 Å². The van der Waals surface area contributed by atoms with Crippen molar-refractivity contribution >= 4 is 0 Å². The summed E-state index contributed by atoms with van der Waals surface area (Å²) in [5.74, 6) is 0.450. The molecular weight excluding hydrogens is 198 g/mol. The van der Waals surface area contributed by atoms with Crippen LogP contribution < -0.4 is 5.73 Å². The molecule has 0 aromatic heterocycles. The van der Waals surface area contributed by atoms with E-state index in [1.807, 2.05) is 7.11 Å². The fourth-order valence-corrected chi connectivity index (χ4v) is 2.57. The first-order chi connectivity index (χ1) is 7.76. The van der Waals surface area contributed by atoms with Gasteiger partial charge >= 0.3 is 0 Å². The summed E-state index contributed by atoms with van der Waals surface area (Å²) in [6, 6.07) is 6.62. The van der Waals surface area contributed by atoms with Gasteiger partial charge in [-0.15, -0.1) is 0 Å². The second kappa shape index (κ2) is 4.98. The minimum atomic E-state index is 0.388. The molecule has 2 atom stereocenters. The van der Waals surface area contributed by atoms with E-state index in [9.17, 15) is 0 Å². The van der Waals surface area contributed by atoms with Gasteiger partial charge in [0, 0.05) is 7.11 Å². The number of hydrogen-bond acceptors (Lipinski definition) is 2. The van der Waals surface area contributed by atoms with Gasteiger partial charge in [-0.25, -0.2) is 0 Å². The molecule has 88 valence electrons. The van der Waals surface area contributed by atoms with E-state index < -0.39 is 0 Å². The molecule has 0 aliphatic heterocycles. The van der Waals surface area contributed by atoms with Crippen molar-refractivity contribution in [2.75, 3.05) is 13.7 Å². The SMILES string of the molecule is CO[C@@H]1CCc2cccc([C@H](C)CN)c2C1. The van der Waals surface area contributed by atoms with Gasteiger partial charge in [0.15, 0.2) is 0 Å². The first-order valence-electron chi connectivity index (χ1n) is 6.09. The normalized spacial score (nSPS) is 21.6. The number of benzene rings is 1. The highest BCUT2D eigenvalue weighted by molar-refractivity contribution is 5.39. The highest BCUT2D eigenvalue weighted by Crippen LogP contribution is 2.29. The van der Waals surface area contributed by atoms with Gasteiger partial charge in [-0.1, -0.05) is 25.1 Å². The van der Waals surface area contributed by atoms with Crippen LogP contribution in [0.3, 0.4) is 0 Å². The molecule has 0 heterocycles. The topological polar surface area (TPSA) is 35.2 Å². The quantitative estimate of drug-likeness (QED) is 0.846. The number of aryl methyl sites for hydroxylation is 1. The second-order valence-electron chi connectivity index (χ2n) is 4.72. The molecule has 2 N–H and O–H groups in total. The minimum absolute atomic E-state index is 0.388. The van der Waals surface area contributed by atoms with Crippen LogP contribution in [0, 0.1) is 0 Å². The summed E-state index contributed by atoms with van der Waals surface area (Å²) in [7, 11) is 1.81. The van der Waals surface area contributed by atoms with E-state index in [-0.39, 0.29) is 0 Å². The zero-order valence-corrected chi connectivity index (χ0v) is 10.2. The molecule has 16 heavy (non-hydrogen) atoms. The van der Waals surface area contributed by atoms with Gasteiger partial charge < -0.3 is 10.5 Å². The van der Waals surface area contributed by atoms with E-state index in [0.717, 1.165) is 19.3 Å². The lowest BCUT2D eigenvalue weighted by molar-refractivity contribution is 0.0908. The van der Waals surface area contributed by atoms with Crippen molar-refractivity contribution in [3.63, 3.8) is 0 Å². The third kappa shape index (κ3) is 2.13. The van der Waals surface area contributed by atoms with E-state index in [0.29, 0.717) is 18.6 Å². The monoisotopic (exact) mass is 219 g/mol. The zero-order chi connectivity index (χ0) is 11.5. The van der Waals surface area contributed by atoms with Crippen LogP contribution in [0.15, 0.2) is 18.2 Å². The van der Waals surface area contributed by atoms with E-state index in [1.54, 1.807) is 0 Å². The van der Waals surface area contributed by atoms with Gasteiger partial charge in [0.1, 0.15) is 0 Å². The standard InChI is InChI=1S/C14H21NO/c1-10(9-15)13-5-3-4-11-6-7-12(16-2)8-14(11)13/h3-5,10,12H,6-9,15H2,1-2H3/t10-,12-/m1/s1. The van der Waals surface area contributed by atoms with Crippen LogP contribution in [0.2, 0.25) is 0 Å². The Bertz CT molecular complexity index is 362. The number of fused-ring (bicyclic) bond motifs is 1. The Morgan fingerprint density at radius 3 is 3.00 bits per heavy atom. The Labute approximate surface area is 97.8 Å². The summed E-state index contributed by atoms with van der Waals surface area (Å²) in [4.78, 5) is 0. The molecule has 0 saturated heterocycles. The van der Waals surface area contributed by atoms with Gasteiger partial charge in [-0.2, -0.15) is 0 Å². The molecule has 0 saturated carbocycles. The summed E-state index contributed by atoms with van der Waals surface area (Å²) < 4.78 is 5.49. The first-order valence-corrected chi connectivity index (χ1v) is 6.09. The van der Waals surface area contributed by atoms with Crippen LogP contribution in [0.5, 0.6) is 0 Å². The summed E-state index contributed by atoms with van der Waals surface area (Å²) in [6.45, 7) is 2.92.